The average molecular weight is 466 g/mol. The topological polar surface area (TPSA) is 61.4 Å². The van der Waals surface area contributed by atoms with Gasteiger partial charge in [0.1, 0.15) is 23.3 Å². The Kier molecular flexibility index (Phi) is 7.35. The van der Waals surface area contributed by atoms with Crippen LogP contribution in [-0.4, -0.2) is 47.1 Å². The van der Waals surface area contributed by atoms with Crippen LogP contribution in [0.3, 0.4) is 0 Å². The highest BCUT2D eigenvalue weighted by Gasteiger charge is 2.24. The molecule has 0 spiro atoms. The minimum Gasteiger partial charge on any atom is -0.354 e. The van der Waals surface area contributed by atoms with Gasteiger partial charge >= 0.3 is 6.03 Å². The summed E-state index contributed by atoms with van der Waals surface area (Å²) in [5.74, 6) is 0.173. The highest BCUT2D eigenvalue weighted by Crippen LogP contribution is 2.26. The van der Waals surface area contributed by atoms with Crippen molar-refractivity contribution in [2.75, 3.05) is 36.4 Å². The van der Waals surface area contributed by atoms with Crippen LogP contribution in [0, 0.1) is 18.6 Å². The molecular weight excluding hydrogens is 436 g/mol. The zero-order valence-electron chi connectivity index (χ0n) is 19.5. The van der Waals surface area contributed by atoms with E-state index in [1.165, 1.54) is 11.6 Å². The molecule has 4 rings (SSSR count). The van der Waals surface area contributed by atoms with Crippen LogP contribution in [0.5, 0.6) is 0 Å². The molecule has 1 aliphatic heterocycles. The van der Waals surface area contributed by atoms with Crippen LogP contribution >= 0.6 is 0 Å². The van der Waals surface area contributed by atoms with Gasteiger partial charge in [0.05, 0.1) is 5.69 Å². The number of aromatic nitrogens is 2. The van der Waals surface area contributed by atoms with Gasteiger partial charge in [-0.25, -0.2) is 23.5 Å². The van der Waals surface area contributed by atoms with Crippen molar-refractivity contribution >= 4 is 17.5 Å². The van der Waals surface area contributed by atoms with Gasteiger partial charge in [-0.05, 0) is 37.5 Å². The summed E-state index contributed by atoms with van der Waals surface area (Å²) >= 11 is 0. The first-order valence-corrected chi connectivity index (χ1v) is 11.6. The Balaban J connectivity index is 1.52. The molecule has 0 radical (unpaired) electrons. The molecule has 8 heteroatoms. The lowest BCUT2D eigenvalue weighted by molar-refractivity contribution is 0.215. The fraction of sp³-hybridized carbons (Fsp3) is 0.346. The third-order valence-corrected chi connectivity index (χ3v) is 6.00. The third kappa shape index (κ3) is 5.50. The molecular formula is C26H29F2N5O. The molecule has 1 aromatic heterocycles. The molecule has 0 unspecified atom stereocenters. The summed E-state index contributed by atoms with van der Waals surface area (Å²) in [5, 5.41) is 2.56. The summed E-state index contributed by atoms with van der Waals surface area (Å²) in [6, 6.07) is 13.0. The summed E-state index contributed by atoms with van der Waals surface area (Å²) < 4.78 is 27.1. The molecule has 0 bridgehead atoms. The number of hydrogen-bond donors (Lipinski definition) is 1. The molecule has 2 amide bonds. The van der Waals surface area contributed by atoms with E-state index in [-0.39, 0.29) is 5.69 Å². The number of aryl methyl sites for hydroxylation is 2. The standard InChI is InChI=1S/C26H29F2N5O/c1-3-23-21(16-19-8-5-4-6-9-19)25(30-18(2)29-23)32-12-7-13-33(15-14-32)26(34)31-24-11-10-20(27)17-22(24)28/h4-6,8-11,17H,3,7,12-16H2,1-2H3,(H,31,34). The maximum Gasteiger partial charge on any atom is 0.321 e. The number of nitrogens with zero attached hydrogens (tertiary/aromatic N) is 4. The lowest BCUT2D eigenvalue weighted by atomic mass is 10.0. The van der Waals surface area contributed by atoms with E-state index < -0.39 is 17.7 Å². The molecule has 1 saturated heterocycles. The molecule has 1 N–H and O–H groups in total. The van der Waals surface area contributed by atoms with E-state index in [1.807, 2.05) is 25.1 Å². The number of nitrogens with one attached hydrogen (secondary N) is 1. The van der Waals surface area contributed by atoms with Crippen molar-refractivity contribution in [1.29, 1.82) is 0 Å². The van der Waals surface area contributed by atoms with Gasteiger partial charge in [-0.3, -0.25) is 0 Å². The van der Waals surface area contributed by atoms with Crippen molar-refractivity contribution in [3.63, 3.8) is 0 Å². The van der Waals surface area contributed by atoms with Gasteiger partial charge < -0.3 is 15.1 Å². The Bertz CT molecular complexity index is 1160. The Morgan fingerprint density at radius 2 is 1.82 bits per heavy atom. The highest BCUT2D eigenvalue weighted by molar-refractivity contribution is 5.89. The van der Waals surface area contributed by atoms with Crippen molar-refractivity contribution in [3.05, 3.63) is 82.8 Å². The molecule has 2 aromatic carbocycles. The second-order valence-electron chi connectivity index (χ2n) is 8.42. The first-order chi connectivity index (χ1) is 16.4. The van der Waals surface area contributed by atoms with Crippen molar-refractivity contribution < 1.29 is 13.6 Å². The van der Waals surface area contributed by atoms with E-state index in [1.54, 1.807) is 4.90 Å². The highest BCUT2D eigenvalue weighted by atomic mass is 19.1. The summed E-state index contributed by atoms with van der Waals surface area (Å²) in [6.07, 6.45) is 2.29. The Morgan fingerprint density at radius 3 is 2.56 bits per heavy atom. The molecule has 6 nitrogen and oxygen atoms in total. The van der Waals surface area contributed by atoms with Crippen LogP contribution in [0.2, 0.25) is 0 Å². The zero-order chi connectivity index (χ0) is 24.1. The van der Waals surface area contributed by atoms with Crippen LogP contribution in [-0.2, 0) is 12.8 Å². The Labute approximate surface area is 198 Å². The predicted molar refractivity (Wildman–Crippen MR) is 129 cm³/mol. The minimum atomic E-state index is -0.793. The fourth-order valence-electron chi connectivity index (χ4n) is 4.29. The first-order valence-electron chi connectivity index (χ1n) is 11.6. The van der Waals surface area contributed by atoms with E-state index in [9.17, 15) is 13.6 Å². The third-order valence-electron chi connectivity index (χ3n) is 6.00. The molecule has 0 saturated carbocycles. The van der Waals surface area contributed by atoms with Crippen LogP contribution in [0.25, 0.3) is 0 Å². The maximum atomic E-state index is 14.0. The van der Waals surface area contributed by atoms with Crippen molar-refractivity contribution in [3.8, 4) is 0 Å². The van der Waals surface area contributed by atoms with E-state index in [4.69, 9.17) is 9.97 Å². The van der Waals surface area contributed by atoms with E-state index in [0.717, 1.165) is 60.8 Å². The molecule has 2 heterocycles. The molecule has 3 aromatic rings. The summed E-state index contributed by atoms with van der Waals surface area (Å²) in [5.41, 5.74) is 3.32. The number of urea groups is 1. The van der Waals surface area contributed by atoms with Crippen LogP contribution < -0.4 is 10.2 Å². The van der Waals surface area contributed by atoms with Crippen molar-refractivity contribution in [2.45, 2.75) is 33.1 Å². The molecule has 34 heavy (non-hydrogen) atoms. The van der Waals surface area contributed by atoms with Crippen molar-refractivity contribution in [1.82, 2.24) is 14.9 Å². The summed E-state index contributed by atoms with van der Waals surface area (Å²) in [4.78, 5) is 26.2. The quantitative estimate of drug-likeness (QED) is 0.579. The largest absolute Gasteiger partial charge is 0.354 e. The minimum absolute atomic E-state index is 0.0309. The van der Waals surface area contributed by atoms with Gasteiger partial charge in [0.2, 0.25) is 0 Å². The van der Waals surface area contributed by atoms with E-state index in [2.05, 4.69) is 29.3 Å². The SMILES string of the molecule is CCc1nc(C)nc(N2CCCN(C(=O)Nc3ccc(F)cc3F)CC2)c1Cc1ccccc1. The maximum absolute atomic E-state index is 14.0. The first kappa shape index (κ1) is 23.6. The predicted octanol–water partition coefficient (Wildman–Crippen LogP) is 4.96. The number of halogens is 2. The lowest BCUT2D eigenvalue weighted by Crippen LogP contribution is -2.38. The van der Waals surface area contributed by atoms with Crippen LogP contribution in [0.4, 0.5) is 25.1 Å². The van der Waals surface area contributed by atoms with Gasteiger partial charge in [0.15, 0.2) is 0 Å². The molecule has 1 fully saturated rings. The molecule has 0 atom stereocenters. The van der Waals surface area contributed by atoms with Gasteiger partial charge in [-0.15, -0.1) is 0 Å². The van der Waals surface area contributed by atoms with Crippen LogP contribution in [0.15, 0.2) is 48.5 Å². The van der Waals surface area contributed by atoms with E-state index in [0.29, 0.717) is 19.6 Å². The smallest absolute Gasteiger partial charge is 0.321 e. The van der Waals surface area contributed by atoms with Gasteiger partial charge in [0, 0.05) is 49.9 Å². The van der Waals surface area contributed by atoms with E-state index >= 15 is 0 Å². The fourth-order valence-corrected chi connectivity index (χ4v) is 4.29. The van der Waals surface area contributed by atoms with Crippen LogP contribution in [0.1, 0.15) is 36.0 Å². The second kappa shape index (κ2) is 10.6. The number of rotatable bonds is 5. The normalized spacial score (nSPS) is 14.1. The lowest BCUT2D eigenvalue weighted by Gasteiger charge is -2.26. The second-order valence-corrected chi connectivity index (χ2v) is 8.42. The molecule has 1 aliphatic rings. The van der Waals surface area contributed by atoms with Gasteiger partial charge in [-0.2, -0.15) is 0 Å². The van der Waals surface area contributed by atoms with Gasteiger partial charge in [-0.1, -0.05) is 37.3 Å². The summed E-state index contributed by atoms with van der Waals surface area (Å²) in [6.45, 7) is 6.34. The number of carbonyl (C=O) groups excluding carboxylic acids is 1. The molecule has 0 aliphatic carbocycles. The number of hydrogen-bond acceptors (Lipinski definition) is 4. The number of amides is 2. The average Bonchev–Trinajstić information content (AvgIpc) is 3.09. The monoisotopic (exact) mass is 465 g/mol. The number of carbonyl (C=O) groups is 1. The Morgan fingerprint density at radius 1 is 1.03 bits per heavy atom. The Hall–Kier alpha value is -3.55. The van der Waals surface area contributed by atoms with Gasteiger partial charge in [0.25, 0.3) is 0 Å². The molecule has 178 valence electrons. The number of anilines is 2. The number of benzene rings is 2. The zero-order valence-corrected chi connectivity index (χ0v) is 19.5. The summed E-state index contributed by atoms with van der Waals surface area (Å²) in [7, 11) is 0. The van der Waals surface area contributed by atoms with Crippen molar-refractivity contribution in [2.24, 2.45) is 0 Å².